The largest absolute Gasteiger partial charge is 0.490 e. The Morgan fingerprint density at radius 1 is 0.957 bits per heavy atom. The highest BCUT2D eigenvalue weighted by molar-refractivity contribution is 6.31. The lowest BCUT2D eigenvalue weighted by Gasteiger charge is -2.12. The van der Waals surface area contributed by atoms with Crippen LogP contribution in [-0.2, 0) is 0 Å². The van der Waals surface area contributed by atoms with Gasteiger partial charge in [-0.1, -0.05) is 11.6 Å². The fourth-order valence-electron chi connectivity index (χ4n) is 2.51. The van der Waals surface area contributed by atoms with Crippen LogP contribution in [0.25, 0.3) is 10.9 Å². The molecule has 0 bridgehead atoms. The number of halogens is 1. The molecule has 23 heavy (non-hydrogen) atoms. The van der Waals surface area contributed by atoms with E-state index in [9.17, 15) is 0 Å². The third-order valence-corrected chi connectivity index (χ3v) is 3.84. The van der Waals surface area contributed by atoms with E-state index in [4.69, 9.17) is 21.1 Å². The van der Waals surface area contributed by atoms with E-state index in [0.717, 1.165) is 40.3 Å². The maximum atomic E-state index is 6.01. The molecule has 1 aromatic heterocycles. The zero-order valence-corrected chi connectivity index (χ0v) is 13.0. The van der Waals surface area contributed by atoms with E-state index in [1.54, 1.807) is 0 Å². The summed E-state index contributed by atoms with van der Waals surface area (Å²) in [6.07, 6.45) is 2.40. The van der Waals surface area contributed by atoms with Crippen LogP contribution < -0.4 is 14.8 Å². The summed E-state index contributed by atoms with van der Waals surface area (Å²) < 4.78 is 11.4. The topological polar surface area (TPSA) is 56.3 Å². The number of anilines is 2. The van der Waals surface area contributed by atoms with E-state index < -0.39 is 0 Å². The van der Waals surface area contributed by atoms with Crippen molar-refractivity contribution < 1.29 is 9.47 Å². The Balaban J connectivity index is 1.69. The second-order valence-electron chi connectivity index (χ2n) is 5.22. The molecule has 2 heterocycles. The van der Waals surface area contributed by atoms with Crippen LogP contribution in [0.1, 0.15) is 6.42 Å². The number of ether oxygens (including phenoxy) is 2. The van der Waals surface area contributed by atoms with Gasteiger partial charge in [0.15, 0.2) is 11.5 Å². The van der Waals surface area contributed by atoms with Crippen LogP contribution in [0.3, 0.4) is 0 Å². The van der Waals surface area contributed by atoms with E-state index >= 15 is 0 Å². The van der Waals surface area contributed by atoms with Crippen LogP contribution >= 0.6 is 11.6 Å². The van der Waals surface area contributed by atoms with Gasteiger partial charge in [-0.25, -0.2) is 9.97 Å². The van der Waals surface area contributed by atoms with E-state index in [1.165, 1.54) is 6.33 Å². The van der Waals surface area contributed by atoms with E-state index in [-0.39, 0.29) is 0 Å². The standard InChI is InChI=1S/C17H14ClN3O2/c18-11-2-4-13-14(8-11)19-10-20-17(13)21-12-3-5-15-16(9-12)23-7-1-6-22-15/h2-5,8-10H,1,6-7H2,(H,19,20,21). The Kier molecular flexibility index (Phi) is 3.63. The molecule has 6 heteroatoms. The molecule has 0 saturated carbocycles. The molecule has 1 aliphatic heterocycles. The van der Waals surface area contributed by atoms with Crippen molar-refractivity contribution >= 4 is 34.0 Å². The minimum Gasteiger partial charge on any atom is -0.490 e. The molecule has 116 valence electrons. The highest BCUT2D eigenvalue weighted by atomic mass is 35.5. The predicted molar refractivity (Wildman–Crippen MR) is 89.9 cm³/mol. The third kappa shape index (κ3) is 2.87. The molecule has 2 aromatic carbocycles. The van der Waals surface area contributed by atoms with Gasteiger partial charge in [-0.15, -0.1) is 0 Å². The van der Waals surface area contributed by atoms with Crippen molar-refractivity contribution in [2.45, 2.75) is 6.42 Å². The van der Waals surface area contributed by atoms with Gasteiger partial charge in [-0.3, -0.25) is 0 Å². The van der Waals surface area contributed by atoms with E-state index in [2.05, 4.69) is 15.3 Å². The molecular formula is C17H14ClN3O2. The first-order chi connectivity index (χ1) is 11.3. The second kappa shape index (κ2) is 5.93. The van der Waals surface area contributed by atoms with E-state index in [1.807, 2.05) is 36.4 Å². The average Bonchev–Trinajstić information content (AvgIpc) is 2.79. The summed E-state index contributed by atoms with van der Waals surface area (Å²) in [5.41, 5.74) is 1.67. The van der Waals surface area contributed by atoms with Crippen LogP contribution in [0.2, 0.25) is 5.02 Å². The fourth-order valence-corrected chi connectivity index (χ4v) is 2.67. The van der Waals surface area contributed by atoms with Gasteiger partial charge in [0.05, 0.1) is 18.7 Å². The number of hydrogen-bond donors (Lipinski definition) is 1. The van der Waals surface area contributed by atoms with Gasteiger partial charge in [-0.2, -0.15) is 0 Å². The Labute approximate surface area is 138 Å². The molecule has 3 aromatic rings. The maximum Gasteiger partial charge on any atom is 0.163 e. The zero-order chi connectivity index (χ0) is 15.6. The Morgan fingerprint density at radius 3 is 2.74 bits per heavy atom. The van der Waals surface area contributed by atoms with Gasteiger partial charge >= 0.3 is 0 Å². The first-order valence-corrected chi connectivity index (χ1v) is 7.74. The highest BCUT2D eigenvalue weighted by Crippen LogP contribution is 2.34. The molecule has 0 unspecified atom stereocenters. The molecule has 0 atom stereocenters. The first kappa shape index (κ1) is 14.1. The molecule has 5 nitrogen and oxygen atoms in total. The summed E-state index contributed by atoms with van der Waals surface area (Å²) in [4.78, 5) is 8.57. The number of rotatable bonds is 2. The molecule has 0 amide bonds. The number of hydrogen-bond acceptors (Lipinski definition) is 5. The Morgan fingerprint density at radius 2 is 1.83 bits per heavy atom. The summed E-state index contributed by atoms with van der Waals surface area (Å²) in [5.74, 6) is 2.24. The number of benzene rings is 2. The predicted octanol–water partition coefficient (Wildman–Crippen LogP) is 4.19. The summed E-state index contributed by atoms with van der Waals surface area (Å²) in [5, 5.41) is 4.86. The number of nitrogens with zero attached hydrogens (tertiary/aromatic N) is 2. The monoisotopic (exact) mass is 327 g/mol. The Bertz CT molecular complexity index is 870. The van der Waals surface area contributed by atoms with Crippen molar-refractivity contribution in [3.63, 3.8) is 0 Å². The number of fused-ring (bicyclic) bond motifs is 2. The molecule has 1 aliphatic rings. The molecule has 0 aliphatic carbocycles. The van der Waals surface area contributed by atoms with Gasteiger partial charge < -0.3 is 14.8 Å². The SMILES string of the molecule is Clc1ccc2c(Nc3ccc4c(c3)OCCCO4)ncnc2c1. The lowest BCUT2D eigenvalue weighted by atomic mass is 10.2. The summed E-state index contributed by atoms with van der Waals surface area (Å²) >= 11 is 6.01. The van der Waals surface area contributed by atoms with Gasteiger partial charge in [0.1, 0.15) is 12.1 Å². The van der Waals surface area contributed by atoms with Crippen LogP contribution in [0.5, 0.6) is 11.5 Å². The highest BCUT2D eigenvalue weighted by Gasteiger charge is 2.12. The molecule has 0 saturated heterocycles. The normalized spacial score (nSPS) is 13.6. The van der Waals surface area contributed by atoms with Gasteiger partial charge in [0.25, 0.3) is 0 Å². The maximum absolute atomic E-state index is 6.01. The molecule has 1 N–H and O–H groups in total. The van der Waals surface area contributed by atoms with Crippen molar-refractivity contribution in [3.8, 4) is 11.5 Å². The van der Waals surface area contributed by atoms with Gasteiger partial charge in [0.2, 0.25) is 0 Å². The van der Waals surface area contributed by atoms with E-state index in [0.29, 0.717) is 18.2 Å². The van der Waals surface area contributed by atoms with Gasteiger partial charge in [-0.05, 0) is 30.3 Å². The lowest BCUT2D eigenvalue weighted by Crippen LogP contribution is -1.98. The van der Waals surface area contributed by atoms with Crippen molar-refractivity contribution in [2.75, 3.05) is 18.5 Å². The molecule has 0 fully saturated rings. The first-order valence-electron chi connectivity index (χ1n) is 7.36. The van der Waals surface area contributed by atoms with Crippen LogP contribution in [0.15, 0.2) is 42.7 Å². The van der Waals surface area contributed by atoms with Crippen molar-refractivity contribution in [1.82, 2.24) is 9.97 Å². The minimum absolute atomic E-state index is 0.651. The zero-order valence-electron chi connectivity index (χ0n) is 12.3. The average molecular weight is 328 g/mol. The van der Waals surface area contributed by atoms with Crippen LogP contribution in [0.4, 0.5) is 11.5 Å². The molecule has 0 spiro atoms. The quantitative estimate of drug-likeness (QED) is 0.765. The van der Waals surface area contributed by atoms with Crippen LogP contribution in [0, 0.1) is 0 Å². The van der Waals surface area contributed by atoms with Crippen LogP contribution in [-0.4, -0.2) is 23.2 Å². The second-order valence-corrected chi connectivity index (χ2v) is 5.66. The summed E-state index contributed by atoms with van der Waals surface area (Å²) in [6.45, 7) is 1.34. The smallest absolute Gasteiger partial charge is 0.163 e. The lowest BCUT2D eigenvalue weighted by molar-refractivity contribution is 0.297. The fraction of sp³-hybridized carbons (Fsp3) is 0.176. The van der Waals surface area contributed by atoms with Crippen molar-refractivity contribution in [3.05, 3.63) is 47.7 Å². The summed E-state index contributed by atoms with van der Waals surface area (Å²) in [7, 11) is 0. The molecule has 4 rings (SSSR count). The summed E-state index contributed by atoms with van der Waals surface area (Å²) in [6, 6.07) is 11.3. The minimum atomic E-state index is 0.651. The number of nitrogens with one attached hydrogen (secondary N) is 1. The molecular weight excluding hydrogens is 314 g/mol. The molecule has 0 radical (unpaired) electrons. The van der Waals surface area contributed by atoms with Crippen molar-refractivity contribution in [1.29, 1.82) is 0 Å². The van der Waals surface area contributed by atoms with Gasteiger partial charge in [0, 0.05) is 28.6 Å². The number of aromatic nitrogens is 2. The Hall–Kier alpha value is -2.53. The third-order valence-electron chi connectivity index (χ3n) is 3.61. The van der Waals surface area contributed by atoms with Crippen molar-refractivity contribution in [2.24, 2.45) is 0 Å².